The third-order valence-corrected chi connectivity index (χ3v) is 22.4. The van der Waals surface area contributed by atoms with E-state index in [9.17, 15) is 39.2 Å². The zero-order valence-electron chi connectivity index (χ0n) is 66.3. The minimum Gasteiger partial charge on any atom is -0.508 e. The molecule has 0 aliphatic carbocycles. The van der Waals surface area contributed by atoms with Crippen molar-refractivity contribution in [3.8, 4) is 23.0 Å². The van der Waals surface area contributed by atoms with Crippen molar-refractivity contribution >= 4 is 189 Å². The predicted molar refractivity (Wildman–Crippen MR) is 479 cm³/mol. The van der Waals surface area contributed by atoms with E-state index in [1.54, 1.807) is 114 Å². The number of aromatic nitrogens is 15. The number of hydrogen-bond acceptors (Lipinski definition) is 26. The number of nitro groups is 1. The van der Waals surface area contributed by atoms with E-state index in [2.05, 4.69) is 101 Å². The lowest BCUT2D eigenvalue weighted by Gasteiger charge is -2.08. The second-order valence-electron chi connectivity index (χ2n) is 26.9. The van der Waals surface area contributed by atoms with Crippen molar-refractivity contribution in [2.75, 3.05) is 76.2 Å². The van der Waals surface area contributed by atoms with Gasteiger partial charge in [-0.1, -0.05) is 108 Å². The van der Waals surface area contributed by atoms with Gasteiger partial charge in [-0.15, -0.1) is 0 Å². The SMILES string of the molecule is C.COc1cc(NC(=O)CSc2nc3c(C)cncc3[nH]2)ccc1C.COc1cc(NC(=O)CSc2nc3c(C)cncc3[nH]2)ccc1C.Cc1ccc(NC(=O)CSc2nc3c(C)cncc3[nH]2)cc1O.Cc1ccc(NC(=O)CSc2nc3cc(Cl)ncc3[nH]2)cc1[N+](=O)[O-].Cc1cncc2[nH]c(SCC(=O)Nc3ccc4c(c3)OCC4)nc12. The summed E-state index contributed by atoms with van der Waals surface area (Å²) >= 11 is 12.4. The number of fused-ring (bicyclic) bond motifs is 6. The van der Waals surface area contributed by atoms with Gasteiger partial charge in [-0.25, -0.2) is 29.9 Å². The van der Waals surface area contributed by atoms with Crippen LogP contribution < -0.4 is 40.8 Å². The summed E-state index contributed by atoms with van der Waals surface area (Å²) in [5, 5.41) is 38.3. The highest BCUT2D eigenvalue weighted by Crippen LogP contribution is 2.33. The molecule has 5 amide bonds. The quantitative estimate of drug-likeness (QED) is 0.0123. The Hall–Kier alpha value is -12.8. The van der Waals surface area contributed by atoms with Gasteiger partial charge in [0, 0.05) is 102 Å². The second kappa shape index (κ2) is 41.7. The van der Waals surface area contributed by atoms with Gasteiger partial charge in [0.2, 0.25) is 29.5 Å². The van der Waals surface area contributed by atoms with Crippen LogP contribution in [0.25, 0.3) is 55.2 Å². The molecule has 0 fully saturated rings. The van der Waals surface area contributed by atoms with Crippen molar-refractivity contribution in [2.24, 2.45) is 0 Å². The van der Waals surface area contributed by atoms with Crippen LogP contribution >= 0.6 is 70.4 Å². The van der Waals surface area contributed by atoms with Crippen LogP contribution in [-0.4, -0.2) is 164 Å². The third kappa shape index (κ3) is 24.5. The zero-order chi connectivity index (χ0) is 85.1. The molecule has 0 radical (unpaired) electrons. The summed E-state index contributed by atoms with van der Waals surface area (Å²) in [6.45, 7) is 15.9. The number of nitrogens with one attached hydrogen (secondary N) is 10. The molecule has 121 heavy (non-hydrogen) atoms. The maximum absolute atomic E-state index is 12.1. The third-order valence-electron chi connectivity index (χ3n) is 17.8. The second-order valence-corrected chi connectivity index (χ2v) is 32.1. The Morgan fingerprint density at radius 3 is 1.15 bits per heavy atom. The lowest BCUT2D eigenvalue weighted by molar-refractivity contribution is -0.385. The van der Waals surface area contributed by atoms with E-state index < -0.39 is 4.92 Å². The highest BCUT2D eigenvalue weighted by atomic mass is 35.5. The molecule has 0 saturated heterocycles. The first kappa shape index (κ1) is 89.0. The Morgan fingerprint density at radius 1 is 0.438 bits per heavy atom. The van der Waals surface area contributed by atoms with Gasteiger partial charge >= 0.3 is 0 Å². The van der Waals surface area contributed by atoms with Crippen LogP contribution in [0.1, 0.15) is 57.5 Å². The molecule has 1 aliphatic heterocycles. The molecule has 0 unspecified atom stereocenters. The molecule has 15 aromatic rings. The van der Waals surface area contributed by atoms with Gasteiger partial charge in [-0.3, -0.25) is 54.0 Å². The van der Waals surface area contributed by atoms with Gasteiger partial charge in [0.1, 0.15) is 28.2 Å². The average Bonchev–Trinajstić information content (AvgIpc) is 1.69. The van der Waals surface area contributed by atoms with Crippen LogP contribution in [0.5, 0.6) is 23.0 Å². The molecule has 10 aromatic heterocycles. The number of amides is 5. The van der Waals surface area contributed by atoms with Crippen molar-refractivity contribution in [1.29, 1.82) is 0 Å². The molecule has 0 saturated carbocycles. The number of carbonyl (C=O) groups is 5. The molecular weight excluding hydrogens is 1660 g/mol. The predicted octanol–water partition coefficient (Wildman–Crippen LogP) is 16.8. The number of ether oxygens (including phenoxy) is 3. The van der Waals surface area contributed by atoms with E-state index in [-0.39, 0.29) is 77.2 Å². The number of aromatic amines is 5. The summed E-state index contributed by atoms with van der Waals surface area (Å²) in [7, 11) is 3.23. The summed E-state index contributed by atoms with van der Waals surface area (Å²) in [5.74, 6) is 2.94. The highest BCUT2D eigenvalue weighted by molar-refractivity contribution is 8.00. The van der Waals surface area contributed by atoms with E-state index in [4.69, 9.17) is 25.8 Å². The number of halogens is 1. The normalized spacial score (nSPS) is 11.1. The number of phenolic OH excluding ortho intramolecular Hbond substituents is 1. The summed E-state index contributed by atoms with van der Waals surface area (Å²) < 4.78 is 16.0. The van der Waals surface area contributed by atoms with Gasteiger partial charge in [0.25, 0.3) is 5.69 Å². The monoisotopic (exact) mass is 1750 g/mol. The molecule has 5 aromatic carbocycles. The first-order valence-electron chi connectivity index (χ1n) is 36.7. The van der Waals surface area contributed by atoms with Crippen LogP contribution in [0, 0.1) is 65.5 Å². The minimum absolute atomic E-state index is 0. The maximum Gasteiger partial charge on any atom is 0.274 e. The molecule has 1 aliphatic rings. The minimum atomic E-state index is -0.479. The number of carbonyl (C=O) groups excluding carboxylic acids is 5. The Bertz CT molecular complexity index is 6010. The van der Waals surface area contributed by atoms with Crippen LogP contribution in [0.3, 0.4) is 0 Å². The van der Waals surface area contributed by atoms with Crippen molar-refractivity contribution in [1.82, 2.24) is 74.8 Å². The Labute approximate surface area is 719 Å². The van der Waals surface area contributed by atoms with Crippen molar-refractivity contribution in [3.05, 3.63) is 218 Å². The number of H-pyrrole nitrogens is 5. The summed E-state index contributed by atoms with van der Waals surface area (Å²) in [4.78, 5) is 129. The van der Waals surface area contributed by atoms with Gasteiger partial charge < -0.3 is 70.8 Å². The molecule has 11 N–H and O–H groups in total. The van der Waals surface area contributed by atoms with Crippen molar-refractivity contribution < 1.29 is 48.2 Å². The van der Waals surface area contributed by atoms with Gasteiger partial charge in [0.05, 0.1) is 141 Å². The Balaban J connectivity index is 0.000000147. The molecule has 11 heterocycles. The number of thioether (sulfide) groups is 5. The number of methoxy groups -OCH3 is 2. The molecule has 16 rings (SSSR count). The number of aromatic hydroxyl groups is 1. The van der Waals surface area contributed by atoms with Gasteiger partial charge in [-0.2, -0.15) is 0 Å². The van der Waals surface area contributed by atoms with E-state index in [1.165, 1.54) is 76.5 Å². The lowest BCUT2D eigenvalue weighted by atomic mass is 10.1. The Morgan fingerprint density at radius 2 is 0.777 bits per heavy atom. The smallest absolute Gasteiger partial charge is 0.274 e. The number of pyridine rings is 5. The first-order chi connectivity index (χ1) is 57.8. The lowest BCUT2D eigenvalue weighted by Crippen LogP contribution is -2.14. The molecule has 32 nitrogen and oxygen atoms in total. The number of anilines is 5. The van der Waals surface area contributed by atoms with Gasteiger partial charge in [0.15, 0.2) is 25.8 Å². The molecule has 38 heteroatoms. The van der Waals surface area contributed by atoms with E-state index in [1.807, 2.05) is 96.1 Å². The number of aryl methyl sites for hydroxylation is 8. The van der Waals surface area contributed by atoms with Gasteiger partial charge in [-0.05, 0) is 130 Å². The fourth-order valence-corrected chi connectivity index (χ4v) is 15.2. The molecular formula is C83H84ClN21O11S5. The van der Waals surface area contributed by atoms with E-state index >= 15 is 0 Å². The summed E-state index contributed by atoms with van der Waals surface area (Å²) in [6.07, 6.45) is 16.5. The Kier molecular flexibility index (Phi) is 30.7. The number of phenols is 1. The topological polar surface area (TPSA) is 444 Å². The highest BCUT2D eigenvalue weighted by Gasteiger charge is 2.19. The van der Waals surface area contributed by atoms with E-state index in [0.717, 1.165) is 118 Å². The molecule has 0 atom stereocenters. The first-order valence-corrected chi connectivity index (χ1v) is 42.0. The van der Waals surface area contributed by atoms with Crippen molar-refractivity contribution in [2.45, 2.75) is 95.0 Å². The number of benzene rings is 5. The zero-order valence-corrected chi connectivity index (χ0v) is 71.1. The van der Waals surface area contributed by atoms with Crippen molar-refractivity contribution in [3.63, 3.8) is 0 Å². The van der Waals surface area contributed by atoms with Crippen LogP contribution in [0.4, 0.5) is 34.1 Å². The molecule has 624 valence electrons. The van der Waals surface area contributed by atoms with E-state index in [0.29, 0.717) is 71.4 Å². The molecule has 0 spiro atoms. The summed E-state index contributed by atoms with van der Waals surface area (Å²) in [5.41, 5.74) is 20.1. The largest absolute Gasteiger partial charge is 0.508 e. The maximum atomic E-state index is 12.1. The fourth-order valence-electron chi connectivity index (χ4n) is 11.6. The number of nitro benzene ring substituents is 1. The fraction of sp³-hybridized carbons (Fsp3) is 0.217. The summed E-state index contributed by atoms with van der Waals surface area (Å²) in [6, 6.07) is 28.2. The number of rotatable bonds is 23. The number of imidazole rings is 5. The molecule has 0 bridgehead atoms. The number of hydrogen-bond donors (Lipinski definition) is 11. The van der Waals surface area contributed by atoms with Crippen LogP contribution in [-0.2, 0) is 30.4 Å². The average molecular weight is 1750 g/mol. The standard InChI is InChI=1S/C17H16N4O2S.2C17H18N4O2S.C16H16N4O2S.C15H12ClN5O3S.CH4/c1-10-7-18-8-13-16(10)21-17(20-13)24-9-15(22)19-12-3-2-11-4-5-23-14(11)6-12;2*1-10-4-5-12(6-14(10)23-3)19-15(22)9-24-17-20-13-8-18-7-11(2)16(13)21-17;1-9-3-4-11(5-13(9)21)18-14(22)8-23-16-19-12-7-17-6-10(2)15(12)20-16;1-8-2-3-9(4-12(8)21(23)24)18-14(22)7-25-15-19-10-5-13(16)17-6-11(10)20-15;/h2-3,6-8H,4-5,9H2,1H3,(H,19,22)(H,20,21);2*4-8H,9H2,1-3H3,(H,19,22)(H,20,21);3-7,21H,8H2,1-2H3,(H,18,22)(H,19,20);2-6H,7H2,1H3,(H,18,22)(H,19,20);1H4. The number of nitrogens with zero attached hydrogens (tertiary/aromatic N) is 11. The van der Waals surface area contributed by atoms with Crippen LogP contribution in [0.2, 0.25) is 5.15 Å². The van der Waals surface area contributed by atoms with Crippen LogP contribution in [0.15, 0.2) is 179 Å².